The Balaban J connectivity index is 1.43. The van der Waals surface area contributed by atoms with Gasteiger partial charge in [-0.3, -0.25) is 9.13 Å². The Morgan fingerprint density at radius 2 is 1.97 bits per heavy atom. The lowest BCUT2D eigenvalue weighted by Crippen LogP contribution is -2.51. The van der Waals surface area contributed by atoms with Gasteiger partial charge >= 0.3 is 5.69 Å². The summed E-state index contributed by atoms with van der Waals surface area (Å²) in [6, 6.07) is 0. The van der Waals surface area contributed by atoms with Gasteiger partial charge in [-0.1, -0.05) is 32.9 Å². The van der Waals surface area contributed by atoms with E-state index in [2.05, 4.69) is 49.6 Å². The van der Waals surface area contributed by atoms with E-state index in [1.807, 2.05) is 4.57 Å². The summed E-state index contributed by atoms with van der Waals surface area (Å²) in [6.07, 6.45) is 11.1. The van der Waals surface area contributed by atoms with Crippen molar-refractivity contribution < 1.29 is 0 Å². The molecular formula is C26H39N5O. The molecule has 2 aromatic heterocycles. The summed E-state index contributed by atoms with van der Waals surface area (Å²) in [7, 11) is 1.79. The van der Waals surface area contributed by atoms with Crippen molar-refractivity contribution in [3.8, 4) is 0 Å². The standard InChI is InChI=1S/C26H39N5O/c1-17-8-7-9-19-25(17,4)11-10-18(2)26(19,5)13-12-24(3)14-15-31-20-21(29-24)27-16-28-22(20)30(6)23(31)32/h16,18-19H,1,7-15H2,2-6H3,(H,27,28,29)/t18-,19+,24-,25+,26+/m0/s1. The molecule has 32 heavy (non-hydrogen) atoms. The number of aryl methyl sites for hydroxylation is 2. The molecular weight excluding hydrogens is 398 g/mol. The average Bonchev–Trinajstić information content (AvgIpc) is 2.91. The number of hydrogen-bond acceptors (Lipinski definition) is 4. The third-order valence-electron chi connectivity index (χ3n) is 10.00. The maximum Gasteiger partial charge on any atom is 0.330 e. The van der Waals surface area contributed by atoms with Gasteiger partial charge in [-0.25, -0.2) is 14.8 Å². The van der Waals surface area contributed by atoms with Gasteiger partial charge in [-0.05, 0) is 81.0 Å². The van der Waals surface area contributed by atoms with Crippen LogP contribution in [0.5, 0.6) is 0 Å². The molecule has 0 unspecified atom stereocenters. The molecule has 0 spiro atoms. The summed E-state index contributed by atoms with van der Waals surface area (Å²) >= 11 is 0. The van der Waals surface area contributed by atoms with Crippen molar-refractivity contribution in [2.75, 3.05) is 5.32 Å². The predicted molar refractivity (Wildman–Crippen MR) is 130 cm³/mol. The molecule has 2 saturated carbocycles. The van der Waals surface area contributed by atoms with Gasteiger partial charge in [0.2, 0.25) is 0 Å². The lowest BCUT2D eigenvalue weighted by Gasteiger charge is -2.59. The minimum absolute atomic E-state index is 0.00264. The maximum atomic E-state index is 12.8. The van der Waals surface area contributed by atoms with Crippen LogP contribution in [0.3, 0.4) is 0 Å². The Labute approximate surface area is 191 Å². The zero-order valence-electron chi connectivity index (χ0n) is 20.5. The Hall–Kier alpha value is -2.11. The van der Waals surface area contributed by atoms with Crippen molar-refractivity contribution in [2.45, 2.75) is 91.1 Å². The van der Waals surface area contributed by atoms with E-state index in [0.29, 0.717) is 34.9 Å². The normalized spacial score (nSPS) is 37.1. The van der Waals surface area contributed by atoms with E-state index < -0.39 is 0 Å². The van der Waals surface area contributed by atoms with Gasteiger partial charge in [0.15, 0.2) is 11.5 Å². The summed E-state index contributed by atoms with van der Waals surface area (Å²) < 4.78 is 3.49. The smallest absolute Gasteiger partial charge is 0.330 e. The second-order valence-corrected chi connectivity index (χ2v) is 11.7. The molecule has 2 fully saturated rings. The molecule has 2 aliphatic carbocycles. The topological polar surface area (TPSA) is 64.7 Å². The second-order valence-electron chi connectivity index (χ2n) is 11.7. The van der Waals surface area contributed by atoms with Gasteiger partial charge in [-0.15, -0.1) is 0 Å². The Morgan fingerprint density at radius 3 is 2.75 bits per heavy atom. The predicted octanol–water partition coefficient (Wildman–Crippen LogP) is 5.28. The largest absolute Gasteiger partial charge is 0.363 e. The van der Waals surface area contributed by atoms with E-state index in [4.69, 9.17) is 0 Å². The van der Waals surface area contributed by atoms with Crippen LogP contribution in [0.1, 0.15) is 79.1 Å². The van der Waals surface area contributed by atoms with Crippen molar-refractivity contribution in [2.24, 2.45) is 29.7 Å². The minimum Gasteiger partial charge on any atom is -0.363 e. The van der Waals surface area contributed by atoms with Crippen LogP contribution in [0.25, 0.3) is 11.2 Å². The molecule has 3 heterocycles. The van der Waals surface area contributed by atoms with Crippen molar-refractivity contribution in [1.29, 1.82) is 0 Å². The lowest BCUT2D eigenvalue weighted by atomic mass is 9.46. The zero-order chi connectivity index (χ0) is 22.9. The van der Waals surface area contributed by atoms with Crippen LogP contribution >= 0.6 is 0 Å². The summed E-state index contributed by atoms with van der Waals surface area (Å²) in [4.78, 5) is 21.7. The minimum atomic E-state index is -0.104. The summed E-state index contributed by atoms with van der Waals surface area (Å²) in [6.45, 7) is 15.1. The molecule has 0 aromatic carbocycles. The van der Waals surface area contributed by atoms with Crippen LogP contribution in [-0.2, 0) is 13.6 Å². The summed E-state index contributed by atoms with van der Waals surface area (Å²) in [5, 5.41) is 3.76. The molecule has 1 N–H and O–H groups in total. The third-order valence-corrected chi connectivity index (χ3v) is 10.00. The van der Waals surface area contributed by atoms with E-state index in [9.17, 15) is 4.79 Å². The fraction of sp³-hybridized carbons (Fsp3) is 0.731. The highest BCUT2D eigenvalue weighted by Crippen LogP contribution is 2.63. The summed E-state index contributed by atoms with van der Waals surface area (Å²) in [5.41, 5.74) is 3.54. The number of anilines is 1. The molecule has 6 nitrogen and oxygen atoms in total. The molecule has 3 aliphatic rings. The number of allylic oxidation sites excluding steroid dienone is 1. The van der Waals surface area contributed by atoms with Gasteiger partial charge in [-0.2, -0.15) is 0 Å². The number of nitrogens with zero attached hydrogens (tertiary/aromatic N) is 4. The average molecular weight is 438 g/mol. The van der Waals surface area contributed by atoms with E-state index in [-0.39, 0.29) is 11.2 Å². The molecule has 0 bridgehead atoms. The van der Waals surface area contributed by atoms with E-state index >= 15 is 0 Å². The Morgan fingerprint density at radius 1 is 1.19 bits per heavy atom. The molecule has 6 heteroatoms. The van der Waals surface area contributed by atoms with Crippen molar-refractivity contribution >= 4 is 17.0 Å². The number of hydrogen-bond donors (Lipinski definition) is 1. The van der Waals surface area contributed by atoms with Gasteiger partial charge < -0.3 is 5.32 Å². The van der Waals surface area contributed by atoms with Gasteiger partial charge in [0.05, 0.1) is 0 Å². The number of fused-ring (bicyclic) bond motifs is 1. The van der Waals surface area contributed by atoms with Crippen molar-refractivity contribution in [3.63, 3.8) is 0 Å². The number of rotatable bonds is 3. The van der Waals surface area contributed by atoms with Crippen LogP contribution < -0.4 is 11.0 Å². The summed E-state index contributed by atoms with van der Waals surface area (Å²) in [5.74, 6) is 2.22. The molecule has 5 atom stereocenters. The molecule has 1 aliphatic heterocycles. The molecule has 0 amide bonds. The zero-order valence-corrected chi connectivity index (χ0v) is 20.5. The SMILES string of the molecule is C=C1CCC[C@H]2[C@](C)(CC[C@@]3(C)CCn4c(=O)n(C)c5ncnc(c54)N3)[C@@H](C)CC[C@]12C. The molecule has 0 saturated heterocycles. The van der Waals surface area contributed by atoms with Crippen molar-refractivity contribution in [3.05, 3.63) is 29.0 Å². The highest BCUT2D eigenvalue weighted by molar-refractivity contribution is 5.84. The number of nitrogens with one attached hydrogen (secondary N) is 1. The van der Waals surface area contributed by atoms with E-state index in [1.54, 1.807) is 17.9 Å². The number of aromatic nitrogens is 4. The van der Waals surface area contributed by atoms with Crippen LogP contribution in [-0.4, -0.2) is 24.6 Å². The first-order valence-electron chi connectivity index (χ1n) is 12.5. The lowest BCUT2D eigenvalue weighted by molar-refractivity contribution is -0.0579. The molecule has 5 rings (SSSR count). The molecule has 174 valence electrons. The third kappa shape index (κ3) is 3.01. The van der Waals surface area contributed by atoms with Crippen LogP contribution in [0.4, 0.5) is 5.82 Å². The second kappa shape index (κ2) is 7.19. The van der Waals surface area contributed by atoms with Crippen molar-refractivity contribution in [1.82, 2.24) is 19.1 Å². The Kier molecular flexibility index (Phi) is 4.88. The Bertz CT molecular complexity index is 1130. The first-order chi connectivity index (χ1) is 15.1. The number of imidazole rings is 1. The quantitative estimate of drug-likeness (QED) is 0.663. The first-order valence-corrected chi connectivity index (χ1v) is 12.5. The first kappa shape index (κ1) is 21.7. The fourth-order valence-corrected chi connectivity index (χ4v) is 7.36. The maximum absolute atomic E-state index is 12.8. The van der Waals surface area contributed by atoms with Gasteiger partial charge in [0, 0.05) is 19.1 Å². The van der Waals surface area contributed by atoms with Gasteiger partial charge in [0.25, 0.3) is 0 Å². The van der Waals surface area contributed by atoms with E-state index in [1.165, 1.54) is 44.1 Å². The fourth-order valence-electron chi connectivity index (χ4n) is 7.36. The highest BCUT2D eigenvalue weighted by atomic mass is 16.1. The molecule has 0 radical (unpaired) electrons. The van der Waals surface area contributed by atoms with Crippen LogP contribution in [0.15, 0.2) is 23.3 Å². The molecule has 2 aromatic rings. The monoisotopic (exact) mass is 437 g/mol. The van der Waals surface area contributed by atoms with Gasteiger partial charge in [0.1, 0.15) is 11.8 Å². The van der Waals surface area contributed by atoms with E-state index in [0.717, 1.165) is 24.2 Å². The van der Waals surface area contributed by atoms with Crippen LogP contribution in [0, 0.1) is 22.7 Å². The van der Waals surface area contributed by atoms with Crippen LogP contribution in [0.2, 0.25) is 0 Å². The highest BCUT2D eigenvalue weighted by Gasteiger charge is 2.54.